The van der Waals surface area contributed by atoms with Crippen LogP contribution in [0.1, 0.15) is 15.9 Å². The van der Waals surface area contributed by atoms with Crippen molar-refractivity contribution in [1.29, 1.82) is 0 Å². The number of H-pyrrole nitrogens is 1. The highest BCUT2D eigenvalue weighted by Gasteiger charge is 2.07. The Morgan fingerprint density at radius 2 is 1.85 bits per heavy atom. The summed E-state index contributed by atoms with van der Waals surface area (Å²) in [5.41, 5.74) is 4.07. The number of benzene rings is 2. The molecule has 2 heterocycles. The summed E-state index contributed by atoms with van der Waals surface area (Å²) in [5.74, 6) is 0.550. The van der Waals surface area contributed by atoms with Crippen molar-refractivity contribution >= 4 is 40.5 Å². The van der Waals surface area contributed by atoms with E-state index < -0.39 is 5.76 Å². The molecule has 3 N–H and O–H groups in total. The minimum atomic E-state index is -0.493. The molecule has 0 atom stereocenters. The van der Waals surface area contributed by atoms with Gasteiger partial charge in [-0.05, 0) is 49.4 Å². The third-order valence-electron chi connectivity index (χ3n) is 3.96. The quantitative estimate of drug-likeness (QED) is 0.466. The number of carbonyl (C=O) groups excluding carboxylic acids is 1. The predicted octanol–water partition coefficient (Wildman–Crippen LogP) is 3.52. The lowest BCUT2D eigenvalue weighted by molar-refractivity contribution is 0.112. The van der Waals surface area contributed by atoms with E-state index in [1.807, 2.05) is 6.92 Å². The van der Waals surface area contributed by atoms with Crippen molar-refractivity contribution in [2.24, 2.45) is 0 Å². The van der Waals surface area contributed by atoms with Gasteiger partial charge in [-0.3, -0.25) is 9.78 Å². The highest BCUT2D eigenvalue weighted by atomic mass is 16.4. The number of aromatic nitrogens is 3. The Kier molecular flexibility index (Phi) is 4.13. The van der Waals surface area contributed by atoms with E-state index in [4.69, 9.17) is 4.42 Å². The Balaban J connectivity index is 1.58. The number of carbonyl (C=O) groups is 1. The summed E-state index contributed by atoms with van der Waals surface area (Å²) in [6, 6.07) is 12.3. The van der Waals surface area contributed by atoms with Gasteiger partial charge in [0.1, 0.15) is 12.1 Å². The zero-order valence-corrected chi connectivity index (χ0v) is 14.3. The first-order valence-electron chi connectivity index (χ1n) is 8.16. The molecule has 0 aliphatic carbocycles. The van der Waals surface area contributed by atoms with Crippen LogP contribution in [0.15, 0.2) is 57.9 Å². The van der Waals surface area contributed by atoms with Crippen molar-refractivity contribution in [3.63, 3.8) is 0 Å². The molecule has 0 unspecified atom stereocenters. The van der Waals surface area contributed by atoms with Crippen LogP contribution < -0.4 is 16.4 Å². The van der Waals surface area contributed by atoms with E-state index in [0.717, 1.165) is 23.2 Å². The second-order valence-electron chi connectivity index (χ2n) is 5.94. The number of anilines is 4. The molecule has 0 spiro atoms. The number of rotatable bonds is 5. The average Bonchev–Trinajstić information content (AvgIpc) is 3.04. The minimum absolute atomic E-state index is 0.416. The van der Waals surface area contributed by atoms with Gasteiger partial charge < -0.3 is 15.1 Å². The van der Waals surface area contributed by atoms with Gasteiger partial charge in [0.05, 0.1) is 5.52 Å². The zero-order valence-electron chi connectivity index (χ0n) is 14.3. The van der Waals surface area contributed by atoms with Crippen LogP contribution in [0.4, 0.5) is 23.1 Å². The van der Waals surface area contributed by atoms with Crippen molar-refractivity contribution < 1.29 is 9.21 Å². The highest BCUT2D eigenvalue weighted by Crippen LogP contribution is 2.23. The van der Waals surface area contributed by atoms with Gasteiger partial charge in [0.2, 0.25) is 5.95 Å². The summed E-state index contributed by atoms with van der Waals surface area (Å²) in [6.45, 7) is 1.89. The summed E-state index contributed by atoms with van der Waals surface area (Å²) in [5, 5.41) is 6.32. The average molecular weight is 361 g/mol. The molecule has 27 heavy (non-hydrogen) atoms. The molecular formula is C19H15N5O3. The van der Waals surface area contributed by atoms with Crippen LogP contribution >= 0.6 is 0 Å². The normalized spacial score (nSPS) is 10.7. The second kappa shape index (κ2) is 6.75. The third-order valence-corrected chi connectivity index (χ3v) is 3.96. The van der Waals surface area contributed by atoms with Crippen LogP contribution in [0.5, 0.6) is 0 Å². The number of nitrogens with zero attached hydrogens (tertiary/aromatic N) is 2. The summed E-state index contributed by atoms with van der Waals surface area (Å²) in [7, 11) is 0. The molecule has 0 saturated heterocycles. The number of nitrogens with one attached hydrogen (secondary N) is 3. The van der Waals surface area contributed by atoms with Crippen molar-refractivity contribution in [3.05, 3.63) is 70.3 Å². The molecule has 0 saturated carbocycles. The number of fused-ring (bicyclic) bond motifs is 1. The summed E-state index contributed by atoms with van der Waals surface area (Å²) in [4.78, 5) is 33.4. The molecular weight excluding hydrogens is 346 g/mol. The first-order chi connectivity index (χ1) is 13.1. The molecule has 0 radical (unpaired) electrons. The van der Waals surface area contributed by atoms with Gasteiger partial charge in [-0.1, -0.05) is 0 Å². The fourth-order valence-electron chi connectivity index (χ4n) is 2.57. The maximum atomic E-state index is 11.3. The molecule has 2 aromatic carbocycles. The fourth-order valence-corrected chi connectivity index (χ4v) is 2.57. The highest BCUT2D eigenvalue weighted by molar-refractivity contribution is 5.78. The lowest BCUT2D eigenvalue weighted by Crippen LogP contribution is -2.03. The molecule has 4 aromatic rings. The summed E-state index contributed by atoms with van der Waals surface area (Å²) < 4.78 is 5.00. The van der Waals surface area contributed by atoms with Gasteiger partial charge in [-0.2, -0.15) is 4.98 Å². The van der Waals surface area contributed by atoms with Gasteiger partial charge in [-0.15, -0.1) is 0 Å². The number of hydrogen-bond donors (Lipinski definition) is 3. The molecule has 0 fully saturated rings. The van der Waals surface area contributed by atoms with Crippen LogP contribution in [-0.2, 0) is 0 Å². The molecule has 4 rings (SSSR count). The molecule has 2 aromatic heterocycles. The van der Waals surface area contributed by atoms with E-state index in [1.165, 1.54) is 0 Å². The van der Waals surface area contributed by atoms with E-state index in [9.17, 15) is 9.59 Å². The first-order valence-corrected chi connectivity index (χ1v) is 8.16. The fraction of sp³-hybridized carbons (Fsp3) is 0.0526. The van der Waals surface area contributed by atoms with E-state index in [2.05, 4.69) is 25.6 Å². The van der Waals surface area contributed by atoms with Crippen LogP contribution in [0.3, 0.4) is 0 Å². The van der Waals surface area contributed by atoms with Gasteiger partial charge in [0.15, 0.2) is 5.58 Å². The van der Waals surface area contributed by atoms with Crippen molar-refractivity contribution in [2.45, 2.75) is 6.92 Å². The number of hydrogen-bond acceptors (Lipinski definition) is 7. The van der Waals surface area contributed by atoms with Crippen LogP contribution in [0, 0.1) is 6.92 Å². The Morgan fingerprint density at radius 3 is 2.63 bits per heavy atom. The molecule has 8 nitrogen and oxygen atoms in total. The second-order valence-corrected chi connectivity index (χ2v) is 5.94. The van der Waals surface area contributed by atoms with Crippen molar-refractivity contribution in [2.75, 3.05) is 10.6 Å². The van der Waals surface area contributed by atoms with E-state index >= 15 is 0 Å². The molecule has 8 heteroatoms. The van der Waals surface area contributed by atoms with Gasteiger partial charge >= 0.3 is 5.76 Å². The largest absolute Gasteiger partial charge is 0.417 e. The molecule has 0 aliphatic rings. The molecule has 134 valence electrons. The lowest BCUT2D eigenvalue weighted by atomic mass is 10.2. The summed E-state index contributed by atoms with van der Waals surface area (Å²) in [6.07, 6.45) is 2.49. The Morgan fingerprint density at radius 1 is 1.07 bits per heavy atom. The van der Waals surface area contributed by atoms with E-state index in [1.54, 1.807) is 48.7 Å². The lowest BCUT2D eigenvalue weighted by Gasteiger charge is -2.11. The molecule has 0 aliphatic heterocycles. The smallest absolute Gasteiger partial charge is 0.408 e. The monoisotopic (exact) mass is 361 g/mol. The maximum Gasteiger partial charge on any atom is 0.417 e. The number of aldehydes is 1. The van der Waals surface area contributed by atoms with Crippen molar-refractivity contribution in [1.82, 2.24) is 15.0 Å². The molecule has 0 amide bonds. The summed E-state index contributed by atoms with van der Waals surface area (Å²) >= 11 is 0. The maximum absolute atomic E-state index is 11.3. The van der Waals surface area contributed by atoms with E-state index in [-0.39, 0.29) is 0 Å². The van der Waals surface area contributed by atoms with Gasteiger partial charge in [0.25, 0.3) is 0 Å². The van der Waals surface area contributed by atoms with Gasteiger partial charge in [0, 0.05) is 28.7 Å². The SMILES string of the molecule is Cc1cnc(Nc2ccc(C=O)cc2)nc1Nc1ccc2oc(=O)[nH]c2c1. The molecule has 0 bridgehead atoms. The van der Waals surface area contributed by atoms with Crippen LogP contribution in [0.2, 0.25) is 0 Å². The standard InChI is InChI=1S/C19H15N5O3/c1-11-9-20-18(22-13-4-2-12(10-25)3-5-13)24-17(11)21-14-6-7-16-15(8-14)23-19(26)27-16/h2-10H,1H3,(H,23,26)(H2,20,21,22,24). The third kappa shape index (κ3) is 3.54. The zero-order chi connectivity index (χ0) is 18.8. The minimum Gasteiger partial charge on any atom is -0.408 e. The topological polar surface area (TPSA) is 113 Å². The first kappa shape index (κ1) is 16.5. The Bertz CT molecular complexity index is 1180. The van der Waals surface area contributed by atoms with Crippen molar-refractivity contribution in [3.8, 4) is 0 Å². The van der Waals surface area contributed by atoms with Gasteiger partial charge in [-0.25, -0.2) is 9.78 Å². The van der Waals surface area contributed by atoms with Crippen LogP contribution in [0.25, 0.3) is 11.1 Å². The number of aryl methyl sites for hydroxylation is 1. The Hall–Kier alpha value is -3.94. The van der Waals surface area contributed by atoms with Crippen LogP contribution in [-0.4, -0.2) is 21.2 Å². The Labute approximate surface area is 153 Å². The number of aromatic amines is 1. The number of oxazole rings is 1. The predicted molar refractivity (Wildman–Crippen MR) is 102 cm³/mol. The van der Waals surface area contributed by atoms with E-state index in [0.29, 0.717) is 28.4 Å².